The number of anilines is 10. The van der Waals surface area contributed by atoms with E-state index in [0.717, 1.165) is 39.0 Å². The van der Waals surface area contributed by atoms with Crippen LogP contribution in [0.2, 0.25) is 0 Å². The molecule has 14 aromatic rings. The number of aromatic carboxylic acids is 1. The van der Waals surface area contributed by atoms with Gasteiger partial charge in [0.2, 0.25) is 0 Å². The van der Waals surface area contributed by atoms with E-state index in [2.05, 4.69) is 77.7 Å². The number of hydrogen-bond donors (Lipinski definition) is 11. The van der Waals surface area contributed by atoms with E-state index in [9.17, 15) is 47.3 Å². The predicted octanol–water partition coefficient (Wildman–Crippen LogP) is 13.2. The third kappa shape index (κ3) is 16.3. The number of non-ortho nitro benzene ring substituents is 1. The smallest absolute Gasteiger partial charge is 0.416 e. The molecule has 0 aliphatic rings. The Morgan fingerprint density at radius 1 is 0.480 bits per heavy atom. The number of carboxylic acids is 1. The lowest BCUT2D eigenvalue weighted by atomic mass is 10.1. The number of fused-ring (bicyclic) bond motifs is 5. The Hall–Kier alpha value is -12.8. The SMILES string of the molecule is C=Cc1csc2c(N)ncnc12.Cc1ccc(N)cc1NC(=O)c1csc2c(N)ncnc12.Cc1ccc(NC(=O)c2cccc(C(F)(F)F)c2)cc1NC(=O)c1csc2c(N)ncnc12.Cc1ccc([N+](=O)[O-])cc1NC(=O)c1csc2c(N)ncnc12.Nc1ncnc2c(C(=O)O)csc12. The predicted molar refractivity (Wildman–Crippen MR) is 394 cm³/mol. The lowest BCUT2D eigenvalue weighted by molar-refractivity contribution is -0.384. The molecule has 0 aliphatic heterocycles. The normalized spacial score (nSPS) is 10.8. The molecule has 29 nitrogen and oxygen atoms in total. The van der Waals surface area contributed by atoms with Gasteiger partial charge in [-0.05, 0) is 79.9 Å². The maximum atomic E-state index is 12.9. The van der Waals surface area contributed by atoms with Crippen molar-refractivity contribution in [1.29, 1.82) is 0 Å². The molecule has 14 rings (SSSR count). The van der Waals surface area contributed by atoms with E-state index in [1.807, 2.05) is 18.4 Å². The Labute approximate surface area is 592 Å². The van der Waals surface area contributed by atoms with Gasteiger partial charge in [-0.2, -0.15) is 13.2 Å². The molecule has 0 atom stereocenters. The first kappa shape index (κ1) is 71.9. The summed E-state index contributed by atoms with van der Waals surface area (Å²) in [6.07, 6.45) is 3.86. The molecule has 10 aromatic heterocycles. The molecule has 516 valence electrons. The number of hydrogen-bond acceptors (Lipinski definition) is 28. The van der Waals surface area contributed by atoms with E-state index >= 15 is 0 Å². The van der Waals surface area contributed by atoms with E-state index in [1.54, 1.807) is 77.7 Å². The van der Waals surface area contributed by atoms with Crippen LogP contribution in [0.4, 0.5) is 76.4 Å². The fourth-order valence-corrected chi connectivity index (χ4v) is 13.7. The van der Waals surface area contributed by atoms with Crippen LogP contribution in [0.5, 0.6) is 0 Å². The number of halogens is 3. The minimum Gasteiger partial charge on any atom is -0.478 e. The highest BCUT2D eigenvalue weighted by Gasteiger charge is 2.31. The molecule has 0 saturated carbocycles. The zero-order chi connectivity index (χ0) is 73.3. The van der Waals surface area contributed by atoms with E-state index in [0.29, 0.717) is 115 Å². The molecule has 10 heterocycles. The molecule has 17 N–H and O–H groups in total. The van der Waals surface area contributed by atoms with E-state index in [-0.39, 0.29) is 28.5 Å². The van der Waals surface area contributed by atoms with Crippen LogP contribution in [0.25, 0.3) is 57.2 Å². The summed E-state index contributed by atoms with van der Waals surface area (Å²) in [4.78, 5) is 111. The monoisotopic (exact) mass is 1470 g/mol. The first-order valence-corrected chi connectivity index (χ1v) is 33.5. The van der Waals surface area contributed by atoms with Crippen molar-refractivity contribution in [1.82, 2.24) is 49.8 Å². The molecule has 0 radical (unpaired) electrons. The van der Waals surface area contributed by atoms with Crippen molar-refractivity contribution >= 4 is 207 Å². The van der Waals surface area contributed by atoms with Crippen LogP contribution in [0.15, 0.2) is 144 Å². The number of nitrogens with one attached hydrogen (secondary N) is 4. The van der Waals surface area contributed by atoms with Gasteiger partial charge in [0.15, 0.2) is 0 Å². The van der Waals surface area contributed by atoms with Crippen LogP contribution in [-0.2, 0) is 6.18 Å². The molecule has 0 saturated heterocycles. The number of aryl methyl sites for hydroxylation is 3. The molecule has 37 heteroatoms. The zero-order valence-corrected chi connectivity index (χ0v) is 57.0. The number of nitrogens with zero attached hydrogens (tertiary/aromatic N) is 11. The first-order valence-electron chi connectivity index (χ1n) is 29.1. The number of carbonyl (C=O) groups is 5. The van der Waals surface area contributed by atoms with Gasteiger partial charge in [0.25, 0.3) is 29.3 Å². The summed E-state index contributed by atoms with van der Waals surface area (Å²) in [5.41, 5.74) is 43.0. The number of nitro benzene ring substituents is 1. The van der Waals surface area contributed by atoms with E-state index in [1.165, 1.54) is 113 Å². The molecule has 0 unspecified atom stereocenters. The van der Waals surface area contributed by atoms with Gasteiger partial charge in [0.05, 0.1) is 84.0 Å². The molecule has 4 amide bonds. The molecule has 0 bridgehead atoms. The third-order valence-corrected chi connectivity index (χ3v) is 19.5. The topological polar surface area (TPSA) is 482 Å². The number of benzene rings is 4. The average molecular weight is 1470 g/mol. The van der Waals surface area contributed by atoms with Crippen molar-refractivity contribution in [2.45, 2.75) is 26.9 Å². The number of alkyl halides is 3. The van der Waals surface area contributed by atoms with E-state index < -0.39 is 40.4 Å². The Morgan fingerprint density at radius 3 is 1.29 bits per heavy atom. The van der Waals surface area contributed by atoms with E-state index in [4.69, 9.17) is 39.5 Å². The maximum absolute atomic E-state index is 12.9. The number of amides is 4. The van der Waals surface area contributed by atoms with Gasteiger partial charge < -0.3 is 60.8 Å². The fraction of sp³-hybridized carbons (Fsp3) is 0.0615. The van der Waals surface area contributed by atoms with Crippen LogP contribution in [-0.4, -0.2) is 89.5 Å². The largest absolute Gasteiger partial charge is 0.478 e. The maximum Gasteiger partial charge on any atom is 0.416 e. The van der Waals surface area contributed by atoms with Crippen molar-refractivity contribution in [3.63, 3.8) is 0 Å². The lowest BCUT2D eigenvalue weighted by Crippen LogP contribution is -2.15. The minimum atomic E-state index is -4.56. The van der Waals surface area contributed by atoms with Crippen molar-refractivity contribution in [3.8, 4) is 0 Å². The van der Waals surface area contributed by atoms with Gasteiger partial charge in [-0.15, -0.1) is 56.7 Å². The van der Waals surface area contributed by atoms with Gasteiger partial charge in [0.1, 0.15) is 66.2 Å². The Balaban J connectivity index is 0.000000144. The summed E-state index contributed by atoms with van der Waals surface area (Å²) >= 11 is 6.65. The first-order chi connectivity index (χ1) is 48.7. The van der Waals surface area contributed by atoms with Crippen LogP contribution < -0.4 is 55.7 Å². The Kier molecular flexibility index (Phi) is 21.8. The summed E-state index contributed by atoms with van der Waals surface area (Å²) < 4.78 is 42.3. The zero-order valence-electron chi connectivity index (χ0n) is 52.9. The molecular weight excluding hydrogens is 1420 g/mol. The number of aromatic nitrogens is 10. The summed E-state index contributed by atoms with van der Waals surface area (Å²) in [5, 5.41) is 39.0. The number of thiophene rings is 5. The summed E-state index contributed by atoms with van der Waals surface area (Å²) in [5.74, 6) is -0.952. The highest BCUT2D eigenvalue weighted by atomic mass is 32.1. The number of nitro groups is 1. The van der Waals surface area contributed by atoms with Gasteiger partial charge >= 0.3 is 12.1 Å². The van der Waals surface area contributed by atoms with Crippen LogP contribution in [0, 0.1) is 30.9 Å². The average Bonchev–Trinajstić information content (AvgIpc) is 1.63. The number of carboxylic acid groups (broad SMARTS) is 1. The van der Waals surface area contributed by atoms with Crippen molar-refractivity contribution < 1.29 is 47.2 Å². The highest BCUT2D eigenvalue weighted by Crippen LogP contribution is 2.35. The second-order valence-corrected chi connectivity index (χ2v) is 25.6. The molecular formula is C65H52F3N21O8S5. The van der Waals surface area contributed by atoms with Crippen LogP contribution in [0.1, 0.15) is 79.6 Å². The second kappa shape index (κ2) is 30.9. The highest BCUT2D eigenvalue weighted by molar-refractivity contribution is 7.19. The minimum absolute atomic E-state index is 0.0901. The molecule has 0 fully saturated rings. The van der Waals surface area contributed by atoms with Crippen LogP contribution >= 0.6 is 56.7 Å². The van der Waals surface area contributed by atoms with Gasteiger partial charge in [-0.1, -0.05) is 36.9 Å². The number of rotatable bonds is 11. The summed E-state index contributed by atoms with van der Waals surface area (Å²) in [7, 11) is 0. The van der Waals surface area contributed by atoms with Gasteiger partial charge in [-0.3, -0.25) is 29.3 Å². The number of carbonyl (C=O) groups excluding carboxylic acids is 4. The third-order valence-electron chi connectivity index (χ3n) is 14.5. The standard InChI is InChI=1S/C22H16F3N5O2S.C14H11N5O3S.C14H13N5OS.C8H7N3S.C7H5N3O2S/c1-11-5-6-14(29-20(31)12-3-2-4-13(7-12)22(23,24)25)8-16(11)30-21(32)15-9-33-18-17(15)27-10-28-19(18)26;1-7-2-3-8(19(21)22)4-10(7)18-14(20)9-5-23-12-11(9)16-6-17-13(12)15;1-7-2-3-8(15)4-10(7)19-14(20)9-5-21-12-11(9)17-6-18-13(12)16;1-2-5-3-12-7-6(5)10-4-11-8(7)9;8-6-5-4(9-2-10-6)3(1-13-5)7(11)12/h2-10H,1H3,(H,29,31)(H,30,32)(H2,26,27,28);2-6H,1H3,(H,18,20)(H2,15,16,17);2-6H,15H2,1H3,(H,19,20)(H2,16,17,18);2-4H,1H2,(H2,9,10,11);1-2H,(H,11,12)(H2,8,9,10). The summed E-state index contributed by atoms with van der Waals surface area (Å²) in [6.45, 7) is 9.11. The molecule has 4 aromatic carbocycles. The number of nitrogens with two attached hydrogens (primary N) is 6. The Morgan fingerprint density at radius 2 is 0.863 bits per heavy atom. The molecule has 0 aliphatic carbocycles. The lowest BCUT2D eigenvalue weighted by Gasteiger charge is -2.12. The summed E-state index contributed by atoms with van der Waals surface area (Å²) in [6, 6.07) is 18.6. The Bertz CT molecular complexity index is 5610. The van der Waals surface area contributed by atoms with Gasteiger partial charge in [0, 0.05) is 72.9 Å². The van der Waals surface area contributed by atoms with Crippen molar-refractivity contribution in [2.75, 3.05) is 55.7 Å². The van der Waals surface area contributed by atoms with Crippen molar-refractivity contribution in [2.24, 2.45) is 0 Å². The van der Waals surface area contributed by atoms with Gasteiger partial charge in [-0.25, -0.2) is 54.6 Å². The number of nitrogen functional groups attached to an aromatic ring is 6. The fourth-order valence-electron chi connectivity index (χ4n) is 9.22. The second-order valence-electron chi connectivity index (χ2n) is 21.2. The van der Waals surface area contributed by atoms with Crippen LogP contribution in [0.3, 0.4) is 0 Å². The quantitative estimate of drug-likeness (QED) is 0.0325. The molecule has 102 heavy (non-hydrogen) atoms. The molecule has 0 spiro atoms. The van der Waals surface area contributed by atoms with Crippen molar-refractivity contribution in [3.05, 3.63) is 210 Å².